The number of hydrogen-bond donors (Lipinski definition) is 4. The van der Waals surface area contributed by atoms with Gasteiger partial charge in [-0.15, -0.1) is 0 Å². The lowest BCUT2D eigenvalue weighted by atomic mass is 9.98. The zero-order chi connectivity index (χ0) is 27.3. The van der Waals surface area contributed by atoms with E-state index in [2.05, 4.69) is 20.7 Å². The molecule has 192 valence electrons. The van der Waals surface area contributed by atoms with E-state index in [9.17, 15) is 27.6 Å². The normalized spacial score (nSPS) is 11.3. The summed E-state index contributed by atoms with van der Waals surface area (Å²) in [5.74, 6) is -1.35. The number of nitrogens with one attached hydrogen (secondary N) is 3. The number of hydrazone groups is 1. The molecule has 0 saturated carbocycles. The van der Waals surface area contributed by atoms with Crippen LogP contribution in [-0.2, 0) is 6.18 Å². The maximum absolute atomic E-state index is 13.4. The minimum atomic E-state index is -4.67. The van der Waals surface area contributed by atoms with Crippen molar-refractivity contribution in [2.75, 3.05) is 12.4 Å². The van der Waals surface area contributed by atoms with Gasteiger partial charge in [0.05, 0.1) is 33.7 Å². The molecule has 4 amide bonds. The third-order valence-corrected chi connectivity index (χ3v) is 5.37. The first kappa shape index (κ1) is 27.1. The third-order valence-electron chi connectivity index (χ3n) is 5.06. The Morgan fingerprint density at radius 2 is 1.81 bits per heavy atom. The molecule has 0 radical (unpaired) electrons. The Bertz CT molecular complexity index is 1410. The Morgan fingerprint density at radius 3 is 2.43 bits per heavy atom. The number of carbonyl (C=O) groups excluding carboxylic acids is 3. The number of nitrogens with two attached hydrogens (primary N) is 1. The van der Waals surface area contributed by atoms with Gasteiger partial charge in [0.2, 0.25) is 0 Å². The molecule has 5 N–H and O–H groups in total. The Morgan fingerprint density at radius 1 is 1.08 bits per heavy atom. The molecule has 0 atom stereocenters. The van der Waals surface area contributed by atoms with E-state index >= 15 is 0 Å². The van der Waals surface area contributed by atoms with Crippen LogP contribution in [0.4, 0.5) is 23.7 Å². The number of halogens is 4. The summed E-state index contributed by atoms with van der Waals surface area (Å²) in [4.78, 5) is 40.8. The predicted octanol–water partition coefficient (Wildman–Crippen LogP) is 4.34. The maximum Gasteiger partial charge on any atom is 0.416 e. The summed E-state index contributed by atoms with van der Waals surface area (Å²) >= 11 is 6.18. The van der Waals surface area contributed by atoms with E-state index in [1.807, 2.05) is 5.43 Å². The van der Waals surface area contributed by atoms with Crippen molar-refractivity contribution in [3.63, 3.8) is 0 Å². The van der Waals surface area contributed by atoms with Crippen LogP contribution < -0.4 is 21.8 Å². The molecule has 0 aliphatic heterocycles. The molecule has 3 aromatic rings. The van der Waals surface area contributed by atoms with Gasteiger partial charge in [0.15, 0.2) is 0 Å². The lowest BCUT2D eigenvalue weighted by molar-refractivity contribution is -0.137. The van der Waals surface area contributed by atoms with Crippen LogP contribution in [-0.4, -0.2) is 36.1 Å². The molecule has 0 unspecified atom stereocenters. The highest BCUT2D eigenvalue weighted by Crippen LogP contribution is 2.36. The lowest BCUT2D eigenvalue weighted by Gasteiger charge is -2.17. The van der Waals surface area contributed by atoms with Crippen LogP contribution in [0.3, 0.4) is 0 Å². The highest BCUT2D eigenvalue weighted by Gasteiger charge is 2.32. The number of benzene rings is 2. The van der Waals surface area contributed by atoms with Crippen molar-refractivity contribution >= 4 is 41.3 Å². The average molecular weight is 533 g/mol. The van der Waals surface area contributed by atoms with Gasteiger partial charge < -0.3 is 16.4 Å². The molecule has 37 heavy (non-hydrogen) atoms. The van der Waals surface area contributed by atoms with Crippen LogP contribution in [0.1, 0.15) is 37.4 Å². The number of alkyl halides is 3. The molecule has 1 aromatic heterocycles. The van der Waals surface area contributed by atoms with Gasteiger partial charge >= 0.3 is 12.2 Å². The third kappa shape index (κ3) is 6.41. The Balaban J connectivity index is 2.10. The maximum atomic E-state index is 13.4. The summed E-state index contributed by atoms with van der Waals surface area (Å²) in [6.07, 6.45) is -2.09. The van der Waals surface area contributed by atoms with E-state index in [-0.39, 0.29) is 33.1 Å². The molecule has 1 heterocycles. The van der Waals surface area contributed by atoms with Crippen molar-refractivity contribution in [1.29, 1.82) is 0 Å². The first-order valence-corrected chi connectivity index (χ1v) is 10.9. The molecule has 0 fully saturated rings. The van der Waals surface area contributed by atoms with Crippen molar-refractivity contribution in [3.8, 4) is 11.3 Å². The number of anilines is 1. The lowest BCUT2D eigenvalue weighted by Crippen LogP contribution is -2.24. The van der Waals surface area contributed by atoms with Crippen LogP contribution >= 0.6 is 11.6 Å². The molecule has 3 rings (SSSR count). The number of rotatable bonds is 6. The molecular formula is C24H20ClF3N6O3. The topological polar surface area (TPSA) is 139 Å². The molecule has 0 bridgehead atoms. The summed E-state index contributed by atoms with van der Waals surface area (Å²) < 4.78 is 40.3. The number of hydrogen-bond acceptors (Lipinski definition) is 5. The number of carbonyl (C=O) groups is 3. The SMILES string of the molecule is CNC(=O)c1cc(/C=N/NC(N)=O)cc(C)c1NC(=O)c1ccc(C(F)(F)F)cc1-c1ncccc1Cl. The van der Waals surface area contributed by atoms with Crippen molar-refractivity contribution < 1.29 is 27.6 Å². The summed E-state index contributed by atoms with van der Waals surface area (Å²) in [7, 11) is 1.38. The molecule has 2 aromatic carbocycles. The van der Waals surface area contributed by atoms with Crippen LogP contribution in [0.5, 0.6) is 0 Å². The van der Waals surface area contributed by atoms with Crippen molar-refractivity contribution in [3.05, 3.63) is 81.5 Å². The first-order valence-electron chi connectivity index (χ1n) is 10.5. The summed E-state index contributed by atoms with van der Waals surface area (Å²) in [6.45, 7) is 1.60. The number of aryl methyl sites for hydroxylation is 1. The Hall–Kier alpha value is -4.45. The average Bonchev–Trinajstić information content (AvgIpc) is 2.84. The second-order valence-corrected chi connectivity index (χ2v) is 8.03. The summed E-state index contributed by atoms with van der Waals surface area (Å²) in [5.41, 5.74) is 6.69. The van der Waals surface area contributed by atoms with Gasteiger partial charge in [-0.2, -0.15) is 18.3 Å². The van der Waals surface area contributed by atoms with Crippen molar-refractivity contribution in [2.24, 2.45) is 10.8 Å². The Kier molecular flexibility index (Phi) is 8.13. The number of aromatic nitrogens is 1. The summed E-state index contributed by atoms with van der Waals surface area (Å²) in [5, 5.41) is 8.76. The van der Waals surface area contributed by atoms with Gasteiger partial charge in [0, 0.05) is 24.4 Å². The van der Waals surface area contributed by atoms with E-state index in [0.29, 0.717) is 11.1 Å². The number of pyridine rings is 1. The molecule has 0 aliphatic rings. The second kappa shape index (κ2) is 11.1. The highest BCUT2D eigenvalue weighted by atomic mass is 35.5. The molecule has 13 heteroatoms. The van der Waals surface area contributed by atoms with Gasteiger partial charge in [0.25, 0.3) is 11.8 Å². The second-order valence-electron chi connectivity index (χ2n) is 7.62. The standard InChI is InChI=1S/C24H20ClF3N6O3/c1-12-8-13(11-32-34-23(29)37)9-17(21(35)30-2)19(12)33-22(36)15-6-5-14(24(26,27)28)10-16(15)20-18(25)4-3-7-31-20/h3-11H,1-2H3,(H,30,35)(H,33,36)(H3,29,34,37)/b32-11+. The van der Waals surface area contributed by atoms with E-state index in [1.54, 1.807) is 13.0 Å². The fourth-order valence-corrected chi connectivity index (χ4v) is 3.64. The van der Waals surface area contributed by atoms with Gasteiger partial charge in [-0.3, -0.25) is 14.6 Å². The van der Waals surface area contributed by atoms with Crippen LogP contribution in [0, 0.1) is 6.92 Å². The smallest absolute Gasteiger partial charge is 0.355 e. The Labute approximate surface area is 213 Å². The number of amides is 4. The van der Waals surface area contributed by atoms with Crippen LogP contribution in [0.15, 0.2) is 53.8 Å². The monoisotopic (exact) mass is 532 g/mol. The largest absolute Gasteiger partial charge is 0.416 e. The number of urea groups is 1. The molecule has 0 aliphatic carbocycles. The van der Waals surface area contributed by atoms with Crippen molar-refractivity contribution in [2.45, 2.75) is 13.1 Å². The number of nitrogens with zero attached hydrogens (tertiary/aromatic N) is 2. The van der Waals surface area contributed by atoms with Gasteiger partial charge in [-0.1, -0.05) is 11.6 Å². The fourth-order valence-electron chi connectivity index (χ4n) is 3.42. The van der Waals surface area contributed by atoms with E-state index in [4.69, 9.17) is 17.3 Å². The highest BCUT2D eigenvalue weighted by molar-refractivity contribution is 6.33. The zero-order valence-electron chi connectivity index (χ0n) is 19.4. The minimum absolute atomic E-state index is 0.0165. The molecule has 9 nitrogen and oxygen atoms in total. The van der Waals surface area contributed by atoms with Gasteiger partial charge in [-0.05, 0) is 60.5 Å². The molecular weight excluding hydrogens is 513 g/mol. The van der Waals surface area contributed by atoms with E-state index < -0.39 is 29.6 Å². The molecule has 0 saturated heterocycles. The van der Waals surface area contributed by atoms with Gasteiger partial charge in [0.1, 0.15) is 0 Å². The van der Waals surface area contributed by atoms with E-state index in [1.165, 1.54) is 37.7 Å². The van der Waals surface area contributed by atoms with Crippen LogP contribution in [0.2, 0.25) is 5.02 Å². The van der Waals surface area contributed by atoms with Gasteiger partial charge in [-0.25, -0.2) is 10.2 Å². The fraction of sp³-hybridized carbons (Fsp3) is 0.125. The quantitative estimate of drug-likeness (QED) is 0.277. The van der Waals surface area contributed by atoms with Crippen LogP contribution in [0.25, 0.3) is 11.3 Å². The number of primary amides is 1. The van der Waals surface area contributed by atoms with E-state index in [0.717, 1.165) is 18.2 Å². The zero-order valence-corrected chi connectivity index (χ0v) is 20.2. The minimum Gasteiger partial charge on any atom is -0.355 e. The first-order chi connectivity index (χ1) is 17.4. The molecule has 0 spiro atoms. The predicted molar refractivity (Wildman–Crippen MR) is 133 cm³/mol. The summed E-state index contributed by atoms with van der Waals surface area (Å²) in [6, 6.07) is 7.60. The van der Waals surface area contributed by atoms with Crippen molar-refractivity contribution in [1.82, 2.24) is 15.7 Å².